The standard InChI is InChI=1S/C17H15NO4/c1-20-13-8-7-10(9-14(13)21-2)15-16(18)11-5-3-4-6-12(11)22-17(15)19/h3-9H,18H2,1-2H3. The molecule has 0 aliphatic heterocycles. The highest BCUT2D eigenvalue weighted by atomic mass is 16.5. The van der Waals surface area contributed by atoms with Crippen LogP contribution < -0.4 is 20.8 Å². The number of benzene rings is 2. The average molecular weight is 297 g/mol. The second kappa shape index (κ2) is 5.44. The lowest BCUT2D eigenvalue weighted by atomic mass is 10.0. The summed E-state index contributed by atoms with van der Waals surface area (Å²) in [4.78, 5) is 12.3. The van der Waals surface area contributed by atoms with Crippen molar-refractivity contribution >= 4 is 16.7 Å². The van der Waals surface area contributed by atoms with E-state index >= 15 is 0 Å². The maximum absolute atomic E-state index is 12.3. The smallest absolute Gasteiger partial charge is 0.346 e. The van der Waals surface area contributed by atoms with Crippen LogP contribution in [0.25, 0.3) is 22.1 Å². The van der Waals surface area contributed by atoms with Crippen molar-refractivity contribution in [2.45, 2.75) is 0 Å². The third-order valence-electron chi connectivity index (χ3n) is 3.53. The maximum atomic E-state index is 12.3. The molecule has 0 saturated carbocycles. The summed E-state index contributed by atoms with van der Waals surface area (Å²) in [5, 5.41) is 0.701. The Labute approximate surface area is 126 Å². The van der Waals surface area contributed by atoms with Gasteiger partial charge in [-0.3, -0.25) is 0 Å². The normalized spacial score (nSPS) is 10.6. The Bertz CT molecular complexity index is 899. The first-order chi connectivity index (χ1) is 10.7. The second-order valence-corrected chi connectivity index (χ2v) is 4.74. The van der Waals surface area contributed by atoms with Crippen molar-refractivity contribution in [2.24, 2.45) is 0 Å². The van der Waals surface area contributed by atoms with Gasteiger partial charge in [0.05, 0.1) is 25.5 Å². The van der Waals surface area contributed by atoms with Crippen molar-refractivity contribution in [3.05, 3.63) is 52.9 Å². The molecule has 0 amide bonds. The van der Waals surface area contributed by atoms with Gasteiger partial charge in [0, 0.05) is 5.39 Å². The lowest BCUT2D eigenvalue weighted by Crippen LogP contribution is -2.07. The molecule has 0 atom stereocenters. The summed E-state index contributed by atoms with van der Waals surface area (Å²) in [5.74, 6) is 1.10. The van der Waals surface area contributed by atoms with Crippen LogP contribution in [0.4, 0.5) is 5.69 Å². The minimum atomic E-state index is -0.483. The van der Waals surface area contributed by atoms with Gasteiger partial charge in [0.2, 0.25) is 0 Å². The molecule has 5 nitrogen and oxygen atoms in total. The fourth-order valence-corrected chi connectivity index (χ4v) is 2.44. The van der Waals surface area contributed by atoms with Gasteiger partial charge in [-0.25, -0.2) is 4.79 Å². The van der Waals surface area contributed by atoms with Crippen LogP contribution in [0, 0.1) is 0 Å². The molecule has 22 heavy (non-hydrogen) atoms. The molecule has 1 heterocycles. The molecule has 0 bridgehead atoms. The van der Waals surface area contributed by atoms with Crippen molar-refractivity contribution in [3.8, 4) is 22.6 Å². The van der Waals surface area contributed by atoms with Gasteiger partial charge in [-0.2, -0.15) is 0 Å². The van der Waals surface area contributed by atoms with E-state index in [4.69, 9.17) is 19.6 Å². The minimum Gasteiger partial charge on any atom is -0.493 e. The van der Waals surface area contributed by atoms with Gasteiger partial charge < -0.3 is 19.6 Å². The number of rotatable bonds is 3. The molecular weight excluding hydrogens is 282 g/mol. The van der Waals surface area contributed by atoms with E-state index in [1.54, 1.807) is 37.4 Å². The third kappa shape index (κ3) is 2.16. The SMILES string of the molecule is COc1ccc(-c2c(N)c3ccccc3oc2=O)cc1OC. The first kappa shape index (κ1) is 14.0. The van der Waals surface area contributed by atoms with Crippen molar-refractivity contribution < 1.29 is 13.9 Å². The molecule has 0 radical (unpaired) electrons. The van der Waals surface area contributed by atoms with Crippen molar-refractivity contribution in [3.63, 3.8) is 0 Å². The van der Waals surface area contributed by atoms with Gasteiger partial charge in [-0.15, -0.1) is 0 Å². The quantitative estimate of drug-likeness (QED) is 0.752. The van der Waals surface area contributed by atoms with E-state index in [9.17, 15) is 4.79 Å². The highest BCUT2D eigenvalue weighted by molar-refractivity contribution is 5.96. The fourth-order valence-electron chi connectivity index (χ4n) is 2.44. The number of ether oxygens (including phenoxy) is 2. The summed E-state index contributed by atoms with van der Waals surface area (Å²) in [6.07, 6.45) is 0. The van der Waals surface area contributed by atoms with Crippen LogP contribution in [0.2, 0.25) is 0 Å². The molecule has 3 rings (SSSR count). The molecule has 0 saturated heterocycles. The molecule has 0 spiro atoms. The number of para-hydroxylation sites is 1. The number of nitrogens with two attached hydrogens (primary N) is 1. The van der Waals surface area contributed by atoms with E-state index in [0.29, 0.717) is 39.3 Å². The first-order valence-electron chi connectivity index (χ1n) is 6.69. The fraction of sp³-hybridized carbons (Fsp3) is 0.118. The molecule has 0 unspecified atom stereocenters. The van der Waals surface area contributed by atoms with Crippen molar-refractivity contribution in [2.75, 3.05) is 20.0 Å². The lowest BCUT2D eigenvalue weighted by Gasteiger charge is -2.11. The summed E-state index contributed by atoms with van der Waals surface area (Å²) < 4.78 is 15.8. The van der Waals surface area contributed by atoms with Gasteiger partial charge in [0.1, 0.15) is 5.58 Å². The zero-order chi connectivity index (χ0) is 15.7. The van der Waals surface area contributed by atoms with Crippen LogP contribution in [0.1, 0.15) is 0 Å². The van der Waals surface area contributed by atoms with Crippen LogP contribution in [0.5, 0.6) is 11.5 Å². The zero-order valence-corrected chi connectivity index (χ0v) is 12.3. The molecular formula is C17H15NO4. The van der Waals surface area contributed by atoms with E-state index in [2.05, 4.69) is 0 Å². The Hall–Kier alpha value is -2.95. The number of hydrogen-bond acceptors (Lipinski definition) is 5. The molecule has 1 aromatic heterocycles. The van der Waals surface area contributed by atoms with Gasteiger partial charge >= 0.3 is 5.63 Å². The Balaban J connectivity index is 2.28. The van der Waals surface area contributed by atoms with Crippen molar-refractivity contribution in [1.82, 2.24) is 0 Å². The predicted octanol–water partition coefficient (Wildman–Crippen LogP) is 3.06. The number of nitrogen functional groups attached to an aromatic ring is 1. The highest BCUT2D eigenvalue weighted by Gasteiger charge is 2.16. The van der Waals surface area contributed by atoms with E-state index in [1.165, 1.54) is 7.11 Å². The topological polar surface area (TPSA) is 74.7 Å². The highest BCUT2D eigenvalue weighted by Crippen LogP contribution is 2.35. The lowest BCUT2D eigenvalue weighted by molar-refractivity contribution is 0.355. The van der Waals surface area contributed by atoms with Gasteiger partial charge in [-0.05, 0) is 29.8 Å². The Morgan fingerprint density at radius 1 is 1.00 bits per heavy atom. The maximum Gasteiger partial charge on any atom is 0.346 e. The van der Waals surface area contributed by atoms with Crippen LogP contribution in [-0.4, -0.2) is 14.2 Å². The van der Waals surface area contributed by atoms with Crippen LogP contribution >= 0.6 is 0 Å². The average Bonchev–Trinajstić information content (AvgIpc) is 2.54. The van der Waals surface area contributed by atoms with E-state index in [0.717, 1.165) is 0 Å². The molecule has 0 aliphatic rings. The molecule has 2 N–H and O–H groups in total. The van der Waals surface area contributed by atoms with Gasteiger partial charge in [-0.1, -0.05) is 18.2 Å². The number of hydrogen-bond donors (Lipinski definition) is 1. The van der Waals surface area contributed by atoms with E-state index in [-0.39, 0.29) is 0 Å². The number of anilines is 1. The third-order valence-corrected chi connectivity index (χ3v) is 3.53. The van der Waals surface area contributed by atoms with E-state index < -0.39 is 5.63 Å². The van der Waals surface area contributed by atoms with Gasteiger partial charge in [0.15, 0.2) is 11.5 Å². The molecule has 0 aliphatic carbocycles. The predicted molar refractivity (Wildman–Crippen MR) is 85.4 cm³/mol. The Kier molecular flexibility index (Phi) is 3.47. The number of fused-ring (bicyclic) bond motifs is 1. The van der Waals surface area contributed by atoms with Crippen LogP contribution in [0.15, 0.2) is 51.7 Å². The van der Waals surface area contributed by atoms with Gasteiger partial charge in [0.25, 0.3) is 0 Å². The molecule has 2 aromatic carbocycles. The minimum absolute atomic E-state index is 0.319. The monoisotopic (exact) mass is 297 g/mol. The van der Waals surface area contributed by atoms with Crippen LogP contribution in [-0.2, 0) is 0 Å². The first-order valence-corrected chi connectivity index (χ1v) is 6.69. The molecule has 0 fully saturated rings. The summed E-state index contributed by atoms with van der Waals surface area (Å²) in [6.45, 7) is 0. The van der Waals surface area contributed by atoms with E-state index in [1.807, 2.05) is 12.1 Å². The summed E-state index contributed by atoms with van der Waals surface area (Å²) >= 11 is 0. The van der Waals surface area contributed by atoms with Crippen molar-refractivity contribution in [1.29, 1.82) is 0 Å². The largest absolute Gasteiger partial charge is 0.493 e. The Morgan fingerprint density at radius 2 is 1.73 bits per heavy atom. The number of methoxy groups -OCH3 is 2. The van der Waals surface area contributed by atoms with Crippen LogP contribution in [0.3, 0.4) is 0 Å². The summed E-state index contributed by atoms with van der Waals surface area (Å²) in [6, 6.07) is 12.3. The zero-order valence-electron chi connectivity index (χ0n) is 12.3. The Morgan fingerprint density at radius 3 is 2.45 bits per heavy atom. The summed E-state index contributed by atoms with van der Waals surface area (Å²) in [5.41, 5.74) is 7.49. The summed E-state index contributed by atoms with van der Waals surface area (Å²) in [7, 11) is 3.09. The second-order valence-electron chi connectivity index (χ2n) is 4.74. The molecule has 5 heteroatoms. The molecule has 112 valence electrons. The molecule has 3 aromatic rings.